The Kier molecular flexibility index (Phi) is 5.93. The van der Waals surface area contributed by atoms with E-state index < -0.39 is 0 Å². The second-order valence-corrected chi connectivity index (χ2v) is 7.39. The zero-order valence-corrected chi connectivity index (χ0v) is 16.4. The Morgan fingerprint density at radius 1 is 0.821 bits per heavy atom. The van der Waals surface area contributed by atoms with E-state index in [9.17, 15) is 0 Å². The second-order valence-electron chi connectivity index (χ2n) is 7.39. The summed E-state index contributed by atoms with van der Waals surface area (Å²) in [4.78, 5) is 0. The lowest BCUT2D eigenvalue weighted by molar-refractivity contribution is 0.162. The summed E-state index contributed by atoms with van der Waals surface area (Å²) in [7, 11) is 0. The van der Waals surface area contributed by atoms with Crippen molar-refractivity contribution in [3.8, 4) is 22.6 Å². The lowest BCUT2D eigenvalue weighted by Gasteiger charge is -2.23. The highest BCUT2D eigenvalue weighted by molar-refractivity contribution is 5.64. The van der Waals surface area contributed by atoms with Gasteiger partial charge in [-0.05, 0) is 73.8 Å². The first-order valence-electron chi connectivity index (χ1n) is 10.0. The van der Waals surface area contributed by atoms with Gasteiger partial charge in [-0.1, -0.05) is 54.1 Å². The molecule has 28 heavy (non-hydrogen) atoms. The average molecular weight is 373 g/mol. The van der Waals surface area contributed by atoms with E-state index >= 15 is 0 Å². The summed E-state index contributed by atoms with van der Waals surface area (Å²) in [5.74, 6) is 1.82. The molecule has 0 atom stereocenters. The minimum absolute atomic E-state index is 0.329. The topological polar surface area (TPSA) is 30.5 Å². The molecule has 0 aromatic heterocycles. The maximum Gasteiger partial charge on any atom is 0.119 e. The van der Waals surface area contributed by atoms with Gasteiger partial charge in [0.05, 0.1) is 0 Å². The molecule has 0 radical (unpaired) electrons. The highest BCUT2D eigenvalue weighted by Crippen LogP contribution is 2.24. The molecule has 1 heterocycles. The fourth-order valence-corrected chi connectivity index (χ4v) is 3.50. The molecule has 4 rings (SSSR count). The van der Waals surface area contributed by atoms with Crippen LogP contribution >= 0.6 is 0 Å². The van der Waals surface area contributed by atoms with Gasteiger partial charge in [0.1, 0.15) is 24.2 Å². The fourth-order valence-electron chi connectivity index (χ4n) is 3.50. The van der Waals surface area contributed by atoms with Gasteiger partial charge in [-0.3, -0.25) is 0 Å². The van der Waals surface area contributed by atoms with Crippen molar-refractivity contribution in [2.45, 2.75) is 32.5 Å². The van der Waals surface area contributed by atoms with Crippen molar-refractivity contribution in [3.63, 3.8) is 0 Å². The van der Waals surface area contributed by atoms with Crippen LogP contribution in [0.2, 0.25) is 0 Å². The molecule has 3 nitrogen and oxygen atoms in total. The Morgan fingerprint density at radius 2 is 1.54 bits per heavy atom. The highest BCUT2D eigenvalue weighted by atomic mass is 16.5. The van der Waals surface area contributed by atoms with Crippen LogP contribution in [0.1, 0.15) is 24.0 Å². The summed E-state index contributed by atoms with van der Waals surface area (Å²) >= 11 is 0. The van der Waals surface area contributed by atoms with E-state index in [0.717, 1.165) is 43.0 Å². The number of hydrogen-bond acceptors (Lipinski definition) is 3. The summed E-state index contributed by atoms with van der Waals surface area (Å²) in [5.41, 5.74) is 4.84. The lowest BCUT2D eigenvalue weighted by Crippen LogP contribution is -2.34. The number of benzene rings is 3. The minimum Gasteiger partial charge on any atom is -0.490 e. The van der Waals surface area contributed by atoms with E-state index in [1.807, 2.05) is 24.3 Å². The predicted octanol–water partition coefficient (Wildman–Crippen LogP) is 5.37. The molecule has 1 aliphatic heterocycles. The molecule has 0 aliphatic carbocycles. The Bertz CT molecular complexity index is 881. The Balaban J connectivity index is 1.31. The maximum atomic E-state index is 6.06. The van der Waals surface area contributed by atoms with Crippen molar-refractivity contribution in [3.05, 3.63) is 83.9 Å². The average Bonchev–Trinajstić information content (AvgIpc) is 2.74. The van der Waals surface area contributed by atoms with E-state index in [-0.39, 0.29) is 0 Å². The van der Waals surface area contributed by atoms with Crippen LogP contribution in [-0.2, 0) is 6.61 Å². The molecule has 1 fully saturated rings. The monoisotopic (exact) mass is 373 g/mol. The quantitative estimate of drug-likeness (QED) is 0.630. The standard InChI is InChI=1S/C25H27NO2/c1-19-3-2-4-22(17-19)21-7-11-23(12-8-21)27-18-20-5-9-24(10-6-20)28-25-13-15-26-16-14-25/h2-12,17,25-26H,13-16,18H2,1H3. The zero-order valence-electron chi connectivity index (χ0n) is 16.4. The smallest absolute Gasteiger partial charge is 0.119 e. The van der Waals surface area contributed by atoms with Crippen molar-refractivity contribution in [2.75, 3.05) is 13.1 Å². The van der Waals surface area contributed by atoms with Crippen molar-refractivity contribution in [1.82, 2.24) is 5.32 Å². The normalized spacial score (nSPS) is 14.6. The molecule has 1 saturated heterocycles. The molecule has 3 aromatic rings. The van der Waals surface area contributed by atoms with Crippen molar-refractivity contribution in [2.24, 2.45) is 0 Å². The van der Waals surface area contributed by atoms with Crippen LogP contribution in [0.4, 0.5) is 0 Å². The van der Waals surface area contributed by atoms with Gasteiger partial charge in [-0.15, -0.1) is 0 Å². The number of rotatable bonds is 6. The van der Waals surface area contributed by atoms with Gasteiger partial charge < -0.3 is 14.8 Å². The van der Waals surface area contributed by atoms with Crippen LogP contribution < -0.4 is 14.8 Å². The van der Waals surface area contributed by atoms with Crippen LogP contribution in [-0.4, -0.2) is 19.2 Å². The highest BCUT2D eigenvalue weighted by Gasteiger charge is 2.14. The number of nitrogens with one attached hydrogen (secondary N) is 1. The van der Waals surface area contributed by atoms with Gasteiger partial charge in [-0.2, -0.15) is 0 Å². The summed E-state index contributed by atoms with van der Waals surface area (Å²) in [6.07, 6.45) is 2.47. The van der Waals surface area contributed by atoms with Crippen LogP contribution in [0.3, 0.4) is 0 Å². The summed E-state index contributed by atoms with van der Waals surface area (Å²) in [5, 5.41) is 3.36. The molecule has 0 bridgehead atoms. The molecule has 3 heteroatoms. The number of hydrogen-bond donors (Lipinski definition) is 1. The SMILES string of the molecule is Cc1cccc(-c2ccc(OCc3ccc(OC4CCNCC4)cc3)cc2)c1. The molecule has 0 saturated carbocycles. The van der Waals surface area contributed by atoms with Gasteiger partial charge in [0.2, 0.25) is 0 Å². The molecular weight excluding hydrogens is 346 g/mol. The van der Waals surface area contributed by atoms with E-state index in [1.165, 1.54) is 16.7 Å². The van der Waals surface area contributed by atoms with E-state index in [4.69, 9.17) is 9.47 Å². The van der Waals surface area contributed by atoms with Crippen molar-refractivity contribution in [1.29, 1.82) is 0 Å². The third kappa shape index (κ3) is 4.93. The van der Waals surface area contributed by atoms with Gasteiger partial charge in [0, 0.05) is 0 Å². The van der Waals surface area contributed by atoms with E-state index in [0.29, 0.717) is 12.7 Å². The molecule has 0 amide bonds. The number of piperidine rings is 1. The van der Waals surface area contributed by atoms with Crippen LogP contribution in [0.25, 0.3) is 11.1 Å². The van der Waals surface area contributed by atoms with E-state index in [2.05, 4.69) is 60.8 Å². The zero-order chi connectivity index (χ0) is 19.2. The van der Waals surface area contributed by atoms with Gasteiger partial charge >= 0.3 is 0 Å². The van der Waals surface area contributed by atoms with Crippen LogP contribution in [0, 0.1) is 6.92 Å². The van der Waals surface area contributed by atoms with Gasteiger partial charge in [-0.25, -0.2) is 0 Å². The summed E-state index contributed by atoms with van der Waals surface area (Å²) < 4.78 is 12.0. The first-order valence-corrected chi connectivity index (χ1v) is 10.0. The van der Waals surface area contributed by atoms with Crippen molar-refractivity contribution < 1.29 is 9.47 Å². The Morgan fingerprint density at radius 3 is 2.25 bits per heavy atom. The minimum atomic E-state index is 0.329. The number of aryl methyl sites for hydroxylation is 1. The largest absolute Gasteiger partial charge is 0.490 e. The molecule has 144 valence electrons. The van der Waals surface area contributed by atoms with E-state index in [1.54, 1.807) is 0 Å². The molecule has 0 unspecified atom stereocenters. The third-order valence-corrected chi connectivity index (χ3v) is 5.12. The van der Waals surface area contributed by atoms with Crippen LogP contribution in [0.15, 0.2) is 72.8 Å². The van der Waals surface area contributed by atoms with Crippen molar-refractivity contribution >= 4 is 0 Å². The molecular formula is C25H27NO2. The lowest BCUT2D eigenvalue weighted by atomic mass is 10.0. The predicted molar refractivity (Wildman–Crippen MR) is 114 cm³/mol. The summed E-state index contributed by atoms with van der Waals surface area (Å²) in [6.45, 7) is 4.75. The van der Waals surface area contributed by atoms with Gasteiger partial charge in [0.25, 0.3) is 0 Å². The molecule has 1 N–H and O–H groups in total. The maximum absolute atomic E-state index is 6.06. The first kappa shape index (κ1) is 18.6. The Labute approximate surface area is 167 Å². The third-order valence-electron chi connectivity index (χ3n) is 5.12. The number of ether oxygens (including phenoxy) is 2. The molecule has 3 aromatic carbocycles. The second kappa shape index (κ2) is 8.94. The van der Waals surface area contributed by atoms with Crippen LogP contribution in [0.5, 0.6) is 11.5 Å². The molecule has 1 aliphatic rings. The first-order chi connectivity index (χ1) is 13.8. The van der Waals surface area contributed by atoms with Gasteiger partial charge in [0.15, 0.2) is 0 Å². The Hall–Kier alpha value is -2.78. The summed E-state index contributed by atoms with van der Waals surface area (Å²) in [6, 6.07) is 25.1. The molecule has 0 spiro atoms. The fraction of sp³-hybridized carbons (Fsp3) is 0.280.